The first-order valence-electron chi connectivity index (χ1n) is 6.75. The third-order valence-corrected chi connectivity index (χ3v) is 2.25. The van der Waals surface area contributed by atoms with Gasteiger partial charge < -0.3 is 14.2 Å². The Morgan fingerprint density at radius 3 is 2.00 bits per heavy atom. The van der Waals surface area contributed by atoms with Crippen molar-refractivity contribution >= 4 is 17.9 Å². The predicted molar refractivity (Wildman–Crippen MR) is 71.8 cm³/mol. The molecule has 0 aliphatic heterocycles. The van der Waals surface area contributed by atoms with Gasteiger partial charge in [-0.05, 0) is 33.6 Å². The first-order valence-corrected chi connectivity index (χ1v) is 6.75. The van der Waals surface area contributed by atoms with Crippen molar-refractivity contribution in [2.24, 2.45) is 0 Å². The van der Waals surface area contributed by atoms with Crippen LogP contribution >= 0.6 is 0 Å². The fraction of sp³-hybridized carbons (Fsp3) is 0.643. The molecule has 0 heterocycles. The Kier molecular flexibility index (Phi) is 10.00. The highest BCUT2D eigenvalue weighted by molar-refractivity contribution is 5.96. The molecule has 0 aliphatic rings. The van der Waals surface area contributed by atoms with Crippen molar-refractivity contribution in [1.82, 2.24) is 0 Å². The van der Waals surface area contributed by atoms with Crippen molar-refractivity contribution < 1.29 is 28.6 Å². The lowest BCUT2D eigenvalue weighted by molar-refractivity contribution is -0.143. The molecule has 0 unspecified atom stereocenters. The Morgan fingerprint density at radius 1 is 0.850 bits per heavy atom. The van der Waals surface area contributed by atoms with Gasteiger partial charge in [-0.25, -0.2) is 9.59 Å². The highest BCUT2D eigenvalue weighted by Gasteiger charge is 2.14. The second-order valence-corrected chi connectivity index (χ2v) is 3.80. The molecule has 20 heavy (non-hydrogen) atoms. The van der Waals surface area contributed by atoms with Crippen molar-refractivity contribution in [3.63, 3.8) is 0 Å². The highest BCUT2D eigenvalue weighted by Crippen LogP contribution is 2.11. The Bertz CT molecular complexity index is 359. The summed E-state index contributed by atoms with van der Waals surface area (Å²) in [5, 5.41) is 0. The monoisotopic (exact) mass is 286 g/mol. The summed E-state index contributed by atoms with van der Waals surface area (Å²) in [6.45, 7) is 5.85. The quantitative estimate of drug-likeness (QED) is 0.365. The zero-order valence-electron chi connectivity index (χ0n) is 12.3. The molecule has 0 saturated carbocycles. The summed E-state index contributed by atoms with van der Waals surface area (Å²) in [6, 6.07) is 0. The number of ether oxygens (including phenoxy) is 3. The Labute approximate surface area is 119 Å². The van der Waals surface area contributed by atoms with Crippen LogP contribution in [0.15, 0.2) is 11.6 Å². The first kappa shape index (κ1) is 18.1. The molecule has 0 aromatic rings. The Morgan fingerprint density at radius 2 is 1.45 bits per heavy atom. The minimum atomic E-state index is -0.591. The van der Waals surface area contributed by atoms with E-state index in [0.29, 0.717) is 13.0 Å². The van der Waals surface area contributed by atoms with Gasteiger partial charge in [0.25, 0.3) is 0 Å². The zero-order valence-corrected chi connectivity index (χ0v) is 12.3. The molecule has 0 bridgehead atoms. The first-order chi connectivity index (χ1) is 9.54. The van der Waals surface area contributed by atoms with E-state index in [1.165, 1.54) is 0 Å². The third kappa shape index (κ3) is 8.29. The van der Waals surface area contributed by atoms with Crippen molar-refractivity contribution in [2.75, 3.05) is 19.8 Å². The van der Waals surface area contributed by atoms with E-state index in [1.807, 2.05) is 0 Å². The minimum absolute atomic E-state index is 0.188. The SMILES string of the molecule is CCOC(=O)C=C(CCCC(=O)OCC)C(=O)OCC. The summed E-state index contributed by atoms with van der Waals surface area (Å²) in [6.07, 6.45) is 1.97. The van der Waals surface area contributed by atoms with Gasteiger partial charge in [0.15, 0.2) is 0 Å². The molecule has 0 radical (unpaired) electrons. The van der Waals surface area contributed by atoms with Crippen LogP contribution in [0.3, 0.4) is 0 Å². The molecule has 0 spiro atoms. The lowest BCUT2D eigenvalue weighted by Crippen LogP contribution is -2.12. The van der Waals surface area contributed by atoms with Gasteiger partial charge in [0.2, 0.25) is 0 Å². The fourth-order valence-corrected chi connectivity index (χ4v) is 1.44. The summed E-state index contributed by atoms with van der Waals surface area (Å²) in [5.41, 5.74) is 0.203. The number of hydrogen-bond donors (Lipinski definition) is 0. The summed E-state index contributed by atoms with van der Waals surface area (Å²) in [4.78, 5) is 34.2. The smallest absolute Gasteiger partial charge is 0.334 e. The molecule has 114 valence electrons. The van der Waals surface area contributed by atoms with Gasteiger partial charge in [-0.3, -0.25) is 4.79 Å². The second kappa shape index (κ2) is 11.0. The average molecular weight is 286 g/mol. The number of esters is 3. The van der Waals surface area contributed by atoms with Gasteiger partial charge >= 0.3 is 17.9 Å². The molecule has 0 fully saturated rings. The normalized spacial score (nSPS) is 10.8. The van der Waals surface area contributed by atoms with Crippen molar-refractivity contribution in [3.8, 4) is 0 Å². The van der Waals surface area contributed by atoms with E-state index >= 15 is 0 Å². The molecule has 0 amide bonds. The molecule has 0 aromatic carbocycles. The van der Waals surface area contributed by atoms with Gasteiger partial charge in [0.05, 0.1) is 19.8 Å². The van der Waals surface area contributed by atoms with Crippen LogP contribution in [-0.4, -0.2) is 37.7 Å². The molecule has 0 aliphatic carbocycles. The average Bonchev–Trinajstić information content (AvgIpc) is 2.38. The molecular formula is C14H22O6. The number of hydrogen-bond acceptors (Lipinski definition) is 6. The van der Waals surface area contributed by atoms with Crippen LogP contribution in [0.25, 0.3) is 0 Å². The minimum Gasteiger partial charge on any atom is -0.466 e. The lowest BCUT2D eigenvalue weighted by atomic mass is 10.1. The molecule has 6 nitrogen and oxygen atoms in total. The highest BCUT2D eigenvalue weighted by atomic mass is 16.5. The predicted octanol–water partition coefficient (Wildman–Crippen LogP) is 1.77. The topological polar surface area (TPSA) is 78.9 Å². The van der Waals surface area contributed by atoms with Gasteiger partial charge in [0, 0.05) is 18.1 Å². The zero-order chi connectivity index (χ0) is 15.4. The molecule has 0 N–H and O–H groups in total. The Hall–Kier alpha value is -1.85. The van der Waals surface area contributed by atoms with E-state index in [1.54, 1.807) is 20.8 Å². The fourth-order valence-electron chi connectivity index (χ4n) is 1.44. The number of carbonyl (C=O) groups is 3. The van der Waals surface area contributed by atoms with Crippen LogP contribution in [0.1, 0.15) is 40.0 Å². The maximum Gasteiger partial charge on any atom is 0.334 e. The molecule has 0 rings (SSSR count). The second-order valence-electron chi connectivity index (χ2n) is 3.80. The van der Waals surface area contributed by atoms with Crippen LogP contribution < -0.4 is 0 Å². The van der Waals surface area contributed by atoms with E-state index < -0.39 is 11.9 Å². The summed E-state index contributed by atoms with van der Waals surface area (Å²) >= 11 is 0. The van der Waals surface area contributed by atoms with Crippen LogP contribution in [-0.2, 0) is 28.6 Å². The van der Waals surface area contributed by atoms with E-state index in [4.69, 9.17) is 14.2 Å². The molecular weight excluding hydrogens is 264 g/mol. The van der Waals surface area contributed by atoms with Gasteiger partial charge in [0.1, 0.15) is 0 Å². The van der Waals surface area contributed by atoms with E-state index in [0.717, 1.165) is 6.08 Å². The van der Waals surface area contributed by atoms with Crippen LogP contribution in [0, 0.1) is 0 Å². The van der Waals surface area contributed by atoms with Gasteiger partial charge in [-0.15, -0.1) is 0 Å². The molecule has 0 atom stereocenters. The summed E-state index contributed by atoms with van der Waals surface area (Å²) in [7, 11) is 0. The lowest BCUT2D eigenvalue weighted by Gasteiger charge is -2.07. The van der Waals surface area contributed by atoms with Crippen LogP contribution in [0.5, 0.6) is 0 Å². The van der Waals surface area contributed by atoms with Crippen LogP contribution in [0.4, 0.5) is 0 Å². The number of carbonyl (C=O) groups excluding carboxylic acids is 3. The van der Waals surface area contributed by atoms with E-state index in [-0.39, 0.29) is 37.6 Å². The van der Waals surface area contributed by atoms with E-state index in [2.05, 4.69) is 0 Å². The standard InChI is InChI=1S/C14H22O6/c1-4-18-12(15)9-7-8-11(14(17)20-6-3)10-13(16)19-5-2/h10H,4-9H2,1-3H3. The maximum atomic E-state index is 11.7. The van der Waals surface area contributed by atoms with Crippen molar-refractivity contribution in [1.29, 1.82) is 0 Å². The Balaban J connectivity index is 4.50. The van der Waals surface area contributed by atoms with Crippen molar-refractivity contribution in [3.05, 3.63) is 11.6 Å². The molecule has 0 aromatic heterocycles. The van der Waals surface area contributed by atoms with Crippen molar-refractivity contribution in [2.45, 2.75) is 40.0 Å². The van der Waals surface area contributed by atoms with E-state index in [9.17, 15) is 14.4 Å². The number of rotatable bonds is 9. The summed E-state index contributed by atoms with van der Waals surface area (Å²) < 4.78 is 14.4. The van der Waals surface area contributed by atoms with Gasteiger partial charge in [-0.2, -0.15) is 0 Å². The molecule has 6 heteroatoms. The van der Waals surface area contributed by atoms with Gasteiger partial charge in [-0.1, -0.05) is 0 Å². The largest absolute Gasteiger partial charge is 0.466 e. The maximum absolute atomic E-state index is 11.7. The van der Waals surface area contributed by atoms with Crippen LogP contribution in [0.2, 0.25) is 0 Å². The third-order valence-electron chi connectivity index (χ3n) is 2.25. The summed E-state index contributed by atoms with van der Waals surface area (Å²) in [5.74, 6) is -1.48. The molecule has 0 saturated heterocycles.